The molecule has 7 heteroatoms. The second kappa shape index (κ2) is 12.2. The second-order valence-corrected chi connectivity index (χ2v) is 8.97. The fourth-order valence-corrected chi connectivity index (χ4v) is 3.74. The minimum Gasteiger partial charge on any atom is -0.460 e. The summed E-state index contributed by atoms with van der Waals surface area (Å²) in [6, 6.07) is 8.00. The van der Waals surface area contributed by atoms with Crippen molar-refractivity contribution in [3.05, 3.63) is 34.9 Å². The summed E-state index contributed by atoms with van der Waals surface area (Å²) in [6.45, 7) is 12.7. The molecule has 33 heavy (non-hydrogen) atoms. The van der Waals surface area contributed by atoms with Crippen molar-refractivity contribution < 1.29 is 9.53 Å². The minimum absolute atomic E-state index is 0.0202. The number of nitrogens with zero attached hydrogens (tertiary/aromatic N) is 4. The van der Waals surface area contributed by atoms with Crippen LogP contribution in [0.25, 0.3) is 0 Å². The Balaban J connectivity index is 2.58. The summed E-state index contributed by atoms with van der Waals surface area (Å²) in [5.74, 6) is 1.28. The van der Waals surface area contributed by atoms with Crippen LogP contribution >= 0.6 is 0 Å². The molecule has 0 amide bonds. The van der Waals surface area contributed by atoms with E-state index in [2.05, 4.69) is 49.0 Å². The number of Topliss-reactive ketones (excluding diaryl/α,β-unsaturated/α-hetero) is 1. The summed E-state index contributed by atoms with van der Waals surface area (Å²) in [5.41, 5.74) is 2.60. The van der Waals surface area contributed by atoms with E-state index < -0.39 is 0 Å². The van der Waals surface area contributed by atoms with Crippen LogP contribution in [0.15, 0.2) is 18.2 Å². The third-order valence-corrected chi connectivity index (χ3v) is 5.37. The van der Waals surface area contributed by atoms with Crippen LogP contribution in [0.5, 0.6) is 6.01 Å². The van der Waals surface area contributed by atoms with Gasteiger partial charge in [-0.2, -0.15) is 15.2 Å². The summed E-state index contributed by atoms with van der Waals surface area (Å²) >= 11 is 0. The van der Waals surface area contributed by atoms with Crippen LogP contribution in [0.1, 0.15) is 81.8 Å². The first-order valence-corrected chi connectivity index (χ1v) is 11.8. The number of nitriles is 1. The number of hydrogen-bond acceptors (Lipinski definition) is 7. The summed E-state index contributed by atoms with van der Waals surface area (Å²) in [5, 5.41) is 13.3. The summed E-state index contributed by atoms with van der Waals surface area (Å²) < 4.78 is 6.21. The second-order valence-electron chi connectivity index (χ2n) is 8.97. The van der Waals surface area contributed by atoms with Crippen LogP contribution in [0.2, 0.25) is 0 Å². The molecule has 0 fully saturated rings. The van der Waals surface area contributed by atoms with Gasteiger partial charge in [0.1, 0.15) is 17.7 Å². The van der Waals surface area contributed by atoms with Gasteiger partial charge in [0.25, 0.3) is 0 Å². The third-order valence-electron chi connectivity index (χ3n) is 5.37. The number of aryl methyl sites for hydroxylation is 1. The zero-order valence-electron chi connectivity index (χ0n) is 21.0. The van der Waals surface area contributed by atoms with E-state index in [0.29, 0.717) is 28.7 Å². The van der Waals surface area contributed by atoms with E-state index in [-0.39, 0.29) is 17.9 Å². The molecule has 2 rings (SSSR count). The Morgan fingerprint density at radius 2 is 1.88 bits per heavy atom. The Labute approximate surface area is 198 Å². The Hall–Kier alpha value is -3.14. The maximum atomic E-state index is 11.9. The SMILES string of the molecule is CCCC(CCC)Oc1nc(Nc2cc(C(C)=O)ccc2C)c(C#N)c(N(C)CC(C)C)n1. The number of aromatic nitrogens is 2. The molecular formula is C26H37N5O2. The van der Waals surface area contributed by atoms with Gasteiger partial charge in [0.2, 0.25) is 0 Å². The number of anilines is 3. The quantitative estimate of drug-likeness (QED) is 0.393. The van der Waals surface area contributed by atoms with E-state index in [1.807, 2.05) is 24.9 Å². The average molecular weight is 452 g/mol. The zero-order valence-corrected chi connectivity index (χ0v) is 21.0. The Kier molecular flexibility index (Phi) is 9.65. The molecule has 0 aliphatic rings. The van der Waals surface area contributed by atoms with Crippen molar-refractivity contribution in [2.75, 3.05) is 23.8 Å². The van der Waals surface area contributed by atoms with E-state index in [4.69, 9.17) is 4.74 Å². The molecule has 0 saturated carbocycles. The average Bonchev–Trinajstić information content (AvgIpc) is 2.74. The number of carbonyl (C=O) groups is 1. The predicted octanol–water partition coefficient (Wildman–Crippen LogP) is 6.04. The Morgan fingerprint density at radius 3 is 2.42 bits per heavy atom. The van der Waals surface area contributed by atoms with E-state index >= 15 is 0 Å². The molecule has 0 spiro atoms. The number of hydrogen-bond donors (Lipinski definition) is 1. The number of ether oxygens (including phenoxy) is 1. The van der Waals surface area contributed by atoms with Gasteiger partial charge in [-0.25, -0.2) is 0 Å². The number of carbonyl (C=O) groups excluding carboxylic acids is 1. The van der Waals surface area contributed by atoms with Gasteiger partial charge >= 0.3 is 6.01 Å². The predicted molar refractivity (Wildman–Crippen MR) is 134 cm³/mol. The highest BCUT2D eigenvalue weighted by molar-refractivity contribution is 5.95. The van der Waals surface area contributed by atoms with E-state index in [0.717, 1.165) is 43.5 Å². The molecule has 0 bridgehead atoms. The van der Waals surface area contributed by atoms with Crippen molar-refractivity contribution in [1.29, 1.82) is 5.26 Å². The van der Waals surface area contributed by atoms with Gasteiger partial charge in [-0.1, -0.05) is 52.7 Å². The summed E-state index contributed by atoms with van der Waals surface area (Å²) in [6.07, 6.45) is 3.85. The van der Waals surface area contributed by atoms with Crippen molar-refractivity contribution in [3.8, 4) is 12.1 Å². The van der Waals surface area contributed by atoms with Crippen molar-refractivity contribution in [2.45, 2.75) is 73.3 Å². The molecule has 0 unspecified atom stereocenters. The van der Waals surface area contributed by atoms with Crippen molar-refractivity contribution in [3.63, 3.8) is 0 Å². The summed E-state index contributed by atoms with van der Waals surface area (Å²) in [7, 11) is 1.92. The number of ketones is 1. The van der Waals surface area contributed by atoms with Crippen molar-refractivity contribution in [2.24, 2.45) is 5.92 Å². The van der Waals surface area contributed by atoms with Crippen LogP contribution in [-0.2, 0) is 0 Å². The van der Waals surface area contributed by atoms with Gasteiger partial charge in [-0.3, -0.25) is 4.79 Å². The highest BCUT2D eigenvalue weighted by Crippen LogP contribution is 2.31. The number of rotatable bonds is 12. The summed E-state index contributed by atoms with van der Waals surface area (Å²) in [4.78, 5) is 23.1. The molecule has 0 aliphatic heterocycles. The first kappa shape index (κ1) is 26.1. The molecule has 178 valence electrons. The lowest BCUT2D eigenvalue weighted by Crippen LogP contribution is -2.26. The molecule has 0 radical (unpaired) electrons. The van der Waals surface area contributed by atoms with Gasteiger partial charge in [-0.05, 0) is 44.2 Å². The Bertz CT molecular complexity index is 991. The molecule has 0 aliphatic carbocycles. The number of benzene rings is 1. The number of nitrogens with one attached hydrogen (secondary N) is 1. The van der Waals surface area contributed by atoms with Crippen LogP contribution < -0.4 is 15.0 Å². The fraction of sp³-hybridized carbons (Fsp3) is 0.538. The van der Waals surface area contributed by atoms with Gasteiger partial charge in [0.05, 0.1) is 0 Å². The van der Waals surface area contributed by atoms with Crippen LogP contribution in [0.4, 0.5) is 17.3 Å². The van der Waals surface area contributed by atoms with Crippen molar-refractivity contribution >= 4 is 23.1 Å². The van der Waals surface area contributed by atoms with E-state index in [1.165, 1.54) is 6.92 Å². The van der Waals surface area contributed by atoms with E-state index in [1.54, 1.807) is 12.1 Å². The lowest BCUT2D eigenvalue weighted by Gasteiger charge is -2.24. The highest BCUT2D eigenvalue weighted by Gasteiger charge is 2.21. The normalized spacial score (nSPS) is 10.9. The maximum Gasteiger partial charge on any atom is 0.320 e. The molecule has 7 nitrogen and oxygen atoms in total. The van der Waals surface area contributed by atoms with Crippen LogP contribution in [0.3, 0.4) is 0 Å². The van der Waals surface area contributed by atoms with Gasteiger partial charge in [0, 0.05) is 24.8 Å². The zero-order chi connectivity index (χ0) is 24.5. The largest absolute Gasteiger partial charge is 0.460 e. The molecule has 1 heterocycles. The topological polar surface area (TPSA) is 91.1 Å². The smallest absolute Gasteiger partial charge is 0.320 e. The highest BCUT2D eigenvalue weighted by atomic mass is 16.5. The molecule has 1 aromatic carbocycles. The molecular weight excluding hydrogens is 414 g/mol. The van der Waals surface area contributed by atoms with E-state index in [9.17, 15) is 10.1 Å². The molecule has 1 N–H and O–H groups in total. The Morgan fingerprint density at radius 1 is 1.21 bits per heavy atom. The lowest BCUT2D eigenvalue weighted by atomic mass is 10.1. The fourth-order valence-electron chi connectivity index (χ4n) is 3.74. The standard InChI is InChI=1S/C26H37N5O2/c1-8-10-21(11-9-2)33-26-29-24(22(15-27)25(30-26)31(7)16-17(3)4)28-23-14-20(19(6)32)13-12-18(23)5/h12-14,17,21H,8-11,16H2,1-7H3,(H,28,29,30). The molecule has 1 aromatic heterocycles. The molecule has 0 atom stereocenters. The maximum absolute atomic E-state index is 11.9. The van der Waals surface area contributed by atoms with Crippen LogP contribution in [0, 0.1) is 24.2 Å². The third kappa shape index (κ3) is 7.18. The van der Waals surface area contributed by atoms with Crippen molar-refractivity contribution in [1.82, 2.24) is 9.97 Å². The molecule has 2 aromatic rings. The lowest BCUT2D eigenvalue weighted by molar-refractivity contribution is 0.101. The van der Waals surface area contributed by atoms with Gasteiger partial charge in [0.15, 0.2) is 17.4 Å². The first-order valence-electron chi connectivity index (χ1n) is 11.8. The monoisotopic (exact) mass is 451 g/mol. The van der Waals surface area contributed by atoms with Crippen LogP contribution in [-0.4, -0.2) is 35.4 Å². The van der Waals surface area contributed by atoms with Gasteiger partial charge < -0.3 is 15.0 Å². The van der Waals surface area contributed by atoms with Gasteiger partial charge in [-0.15, -0.1) is 0 Å². The first-order chi connectivity index (χ1) is 15.7. The minimum atomic E-state index is -0.0235. The molecule has 0 saturated heterocycles.